The van der Waals surface area contributed by atoms with Gasteiger partial charge in [-0.1, -0.05) is 63.2 Å². The van der Waals surface area contributed by atoms with Crippen LogP contribution in [0, 0.1) is 5.41 Å². The Morgan fingerprint density at radius 2 is 1.65 bits per heavy atom. The molecule has 0 N–H and O–H groups in total. The SMILES string of the molecule is COc1cccc2c1c1ccc3ccnc4c5cc6ccccc6c(CC(C)(C)C)c5n2c1c34. The van der Waals surface area contributed by atoms with Crippen molar-refractivity contribution < 1.29 is 4.74 Å². The summed E-state index contributed by atoms with van der Waals surface area (Å²) in [5.41, 5.74) is 6.28. The molecule has 0 spiro atoms. The second-order valence-electron chi connectivity index (χ2n) is 10.6. The molecule has 0 amide bonds. The number of hydrogen-bond acceptors (Lipinski definition) is 2. The van der Waals surface area contributed by atoms with Gasteiger partial charge in [0.1, 0.15) is 5.75 Å². The van der Waals surface area contributed by atoms with Crippen LogP contribution in [-0.4, -0.2) is 16.5 Å². The van der Waals surface area contributed by atoms with Crippen molar-refractivity contribution in [1.82, 2.24) is 9.38 Å². The molecule has 0 radical (unpaired) electrons. The molecule has 7 aromatic rings. The first-order valence-corrected chi connectivity index (χ1v) is 11.9. The zero-order valence-electron chi connectivity index (χ0n) is 19.9. The van der Waals surface area contributed by atoms with Gasteiger partial charge in [-0.25, -0.2) is 0 Å². The second-order valence-corrected chi connectivity index (χ2v) is 10.6. The van der Waals surface area contributed by atoms with Crippen molar-refractivity contribution in [1.29, 1.82) is 0 Å². The maximum Gasteiger partial charge on any atom is 0.128 e. The number of ether oxygens (including phenoxy) is 1. The van der Waals surface area contributed by atoms with E-state index in [1.165, 1.54) is 59.8 Å². The molecule has 3 heterocycles. The first-order valence-electron chi connectivity index (χ1n) is 11.9. The molecule has 3 aromatic heterocycles. The molecule has 0 aliphatic rings. The Bertz CT molecular complexity index is 1900. The van der Waals surface area contributed by atoms with E-state index in [-0.39, 0.29) is 5.41 Å². The fraction of sp³-hybridized carbons (Fsp3) is 0.194. The summed E-state index contributed by atoms with van der Waals surface area (Å²) in [6.07, 6.45) is 2.92. The van der Waals surface area contributed by atoms with E-state index in [2.05, 4.69) is 91.9 Å². The Labute approximate surface area is 197 Å². The zero-order chi connectivity index (χ0) is 23.2. The van der Waals surface area contributed by atoms with Crippen molar-refractivity contribution in [2.45, 2.75) is 27.2 Å². The summed E-state index contributed by atoms with van der Waals surface area (Å²) in [6, 6.07) is 24.1. The lowest BCUT2D eigenvalue weighted by Crippen LogP contribution is -2.11. The molecule has 0 unspecified atom stereocenters. The first kappa shape index (κ1) is 19.6. The number of hydrogen-bond donors (Lipinski definition) is 0. The van der Waals surface area contributed by atoms with Crippen LogP contribution in [0.25, 0.3) is 59.8 Å². The average molecular weight is 443 g/mol. The van der Waals surface area contributed by atoms with Crippen molar-refractivity contribution in [3.05, 3.63) is 78.5 Å². The lowest BCUT2D eigenvalue weighted by molar-refractivity contribution is 0.413. The predicted octanol–water partition coefficient (Wildman–Crippen LogP) is 8.14. The van der Waals surface area contributed by atoms with E-state index in [9.17, 15) is 0 Å². The van der Waals surface area contributed by atoms with E-state index in [1.54, 1.807) is 7.11 Å². The summed E-state index contributed by atoms with van der Waals surface area (Å²) in [4.78, 5) is 4.97. The van der Waals surface area contributed by atoms with Gasteiger partial charge < -0.3 is 9.14 Å². The van der Waals surface area contributed by atoms with Gasteiger partial charge in [0.15, 0.2) is 0 Å². The Morgan fingerprint density at radius 3 is 2.47 bits per heavy atom. The van der Waals surface area contributed by atoms with E-state index < -0.39 is 0 Å². The minimum Gasteiger partial charge on any atom is -0.496 e. The minimum atomic E-state index is 0.133. The summed E-state index contributed by atoms with van der Waals surface area (Å²) in [6.45, 7) is 6.97. The summed E-state index contributed by atoms with van der Waals surface area (Å²) in [5.74, 6) is 0.910. The lowest BCUT2D eigenvalue weighted by atomic mass is 9.84. The Kier molecular flexibility index (Phi) is 3.81. The number of fused-ring (bicyclic) bond motifs is 7. The summed E-state index contributed by atoms with van der Waals surface area (Å²) in [7, 11) is 1.76. The lowest BCUT2D eigenvalue weighted by Gasteiger charge is -2.23. The van der Waals surface area contributed by atoms with Crippen molar-refractivity contribution in [2.75, 3.05) is 7.11 Å². The number of benzene rings is 4. The average Bonchev–Trinajstić information content (AvgIpc) is 3.18. The third-order valence-electron chi connectivity index (χ3n) is 7.18. The van der Waals surface area contributed by atoms with E-state index in [4.69, 9.17) is 9.72 Å². The zero-order valence-corrected chi connectivity index (χ0v) is 19.9. The van der Waals surface area contributed by atoms with E-state index in [0.29, 0.717) is 0 Å². The third kappa shape index (κ3) is 2.50. The smallest absolute Gasteiger partial charge is 0.128 e. The van der Waals surface area contributed by atoms with Crippen LogP contribution < -0.4 is 4.74 Å². The summed E-state index contributed by atoms with van der Waals surface area (Å²) < 4.78 is 8.36. The van der Waals surface area contributed by atoms with Crippen molar-refractivity contribution in [2.24, 2.45) is 5.41 Å². The molecule has 0 atom stereocenters. The van der Waals surface area contributed by atoms with Crippen molar-refractivity contribution in [3.8, 4) is 5.75 Å². The Morgan fingerprint density at radius 1 is 0.794 bits per heavy atom. The molecule has 4 aromatic carbocycles. The monoisotopic (exact) mass is 442 g/mol. The van der Waals surface area contributed by atoms with Gasteiger partial charge in [-0.3, -0.25) is 4.98 Å². The molecule has 0 saturated heterocycles. The van der Waals surface area contributed by atoms with Crippen LogP contribution in [0.3, 0.4) is 0 Å². The Balaban J connectivity index is 1.89. The van der Waals surface area contributed by atoms with Crippen LogP contribution in [0.2, 0.25) is 0 Å². The number of methoxy groups -OCH3 is 1. The second kappa shape index (κ2) is 6.60. The van der Waals surface area contributed by atoms with Crippen LogP contribution >= 0.6 is 0 Å². The van der Waals surface area contributed by atoms with Crippen LogP contribution in [0.15, 0.2) is 72.9 Å². The van der Waals surface area contributed by atoms with Gasteiger partial charge in [0, 0.05) is 27.7 Å². The van der Waals surface area contributed by atoms with Crippen LogP contribution in [-0.2, 0) is 6.42 Å². The molecule has 0 saturated carbocycles. The highest BCUT2D eigenvalue weighted by molar-refractivity contribution is 6.29. The molecule has 166 valence electrons. The Hall–Kier alpha value is -3.85. The van der Waals surface area contributed by atoms with Gasteiger partial charge in [-0.15, -0.1) is 0 Å². The minimum absolute atomic E-state index is 0.133. The van der Waals surface area contributed by atoms with Crippen molar-refractivity contribution >= 4 is 59.8 Å². The van der Waals surface area contributed by atoms with Gasteiger partial charge in [0.05, 0.1) is 29.2 Å². The fourth-order valence-corrected chi connectivity index (χ4v) is 5.95. The third-order valence-corrected chi connectivity index (χ3v) is 7.18. The van der Waals surface area contributed by atoms with Gasteiger partial charge in [-0.05, 0) is 57.8 Å². The standard InChI is InChI=1S/C31H26N2O/c1-31(2,3)17-23-20-9-6-5-8-19(20)16-22-28-26-18(14-15-32-28)12-13-21-27-24(10-7-11-25(27)34-4)33(29(22)23)30(21)26/h5-16H,17H2,1-4H3. The van der Waals surface area contributed by atoms with Gasteiger partial charge in [0.25, 0.3) is 0 Å². The molecular formula is C31H26N2O. The van der Waals surface area contributed by atoms with E-state index >= 15 is 0 Å². The number of rotatable bonds is 2. The maximum atomic E-state index is 5.86. The normalized spacial score (nSPS) is 12.8. The van der Waals surface area contributed by atoms with Gasteiger partial charge in [-0.2, -0.15) is 0 Å². The van der Waals surface area contributed by atoms with E-state index in [1.807, 2.05) is 6.20 Å². The van der Waals surface area contributed by atoms with Crippen molar-refractivity contribution in [3.63, 3.8) is 0 Å². The van der Waals surface area contributed by atoms with Crippen LogP contribution in [0.1, 0.15) is 26.3 Å². The molecule has 0 aliphatic carbocycles. The highest BCUT2D eigenvalue weighted by atomic mass is 16.5. The molecule has 0 fully saturated rings. The molecular weight excluding hydrogens is 416 g/mol. The summed E-state index contributed by atoms with van der Waals surface area (Å²) >= 11 is 0. The number of nitrogens with zero attached hydrogens (tertiary/aromatic N) is 2. The fourth-order valence-electron chi connectivity index (χ4n) is 5.95. The van der Waals surface area contributed by atoms with Crippen LogP contribution in [0.4, 0.5) is 0 Å². The molecule has 0 aliphatic heterocycles. The molecule has 3 heteroatoms. The number of aromatic nitrogens is 2. The largest absolute Gasteiger partial charge is 0.496 e. The van der Waals surface area contributed by atoms with Crippen LogP contribution in [0.5, 0.6) is 5.75 Å². The molecule has 34 heavy (non-hydrogen) atoms. The number of pyridine rings is 2. The van der Waals surface area contributed by atoms with Gasteiger partial charge >= 0.3 is 0 Å². The molecule has 7 rings (SSSR count). The van der Waals surface area contributed by atoms with Gasteiger partial charge in [0.2, 0.25) is 0 Å². The highest BCUT2D eigenvalue weighted by Crippen LogP contribution is 2.45. The molecule has 0 bridgehead atoms. The predicted molar refractivity (Wildman–Crippen MR) is 144 cm³/mol. The molecule has 3 nitrogen and oxygen atoms in total. The highest BCUT2D eigenvalue weighted by Gasteiger charge is 2.24. The quantitative estimate of drug-likeness (QED) is 0.199. The maximum absolute atomic E-state index is 5.86. The van der Waals surface area contributed by atoms with E-state index in [0.717, 1.165) is 17.7 Å². The first-order chi connectivity index (χ1) is 16.5. The topological polar surface area (TPSA) is 26.5 Å². The summed E-state index contributed by atoms with van der Waals surface area (Å²) in [5, 5.41) is 8.63.